The molecule has 7 aromatic carbocycles. The topological polar surface area (TPSA) is 6.48 Å². The summed E-state index contributed by atoms with van der Waals surface area (Å²) < 4.78 is 0. The van der Waals surface area contributed by atoms with Crippen LogP contribution in [0.15, 0.2) is 146 Å². The average molecular weight is 569 g/mol. The van der Waals surface area contributed by atoms with Gasteiger partial charge in [0.15, 0.2) is 0 Å². The Balaban J connectivity index is 1.54. The van der Waals surface area contributed by atoms with Crippen molar-refractivity contribution in [2.75, 3.05) is 38.0 Å². The van der Waals surface area contributed by atoms with Crippen molar-refractivity contribution in [2.45, 2.75) is 0 Å². The minimum atomic E-state index is 1.20. The predicted octanol–water partition coefficient (Wildman–Crippen LogP) is 10.8. The monoisotopic (exact) mass is 568 g/mol. The number of nitrogens with zero attached hydrogens (tertiary/aromatic N) is 2. The van der Waals surface area contributed by atoms with Gasteiger partial charge >= 0.3 is 0 Å². The smallest absolute Gasteiger partial charge is 0.0361 e. The highest BCUT2D eigenvalue weighted by atomic mass is 15.1. The van der Waals surface area contributed by atoms with Crippen LogP contribution in [-0.2, 0) is 0 Å². The molecular formula is C42H36N2. The molecule has 7 aromatic rings. The maximum absolute atomic E-state index is 2.39. The summed E-state index contributed by atoms with van der Waals surface area (Å²) in [4.78, 5) is 4.28. The van der Waals surface area contributed by atoms with Gasteiger partial charge in [-0.05, 0) is 102 Å². The molecule has 2 heteroatoms. The first-order valence-corrected chi connectivity index (χ1v) is 15.2. The number of benzene rings is 7. The van der Waals surface area contributed by atoms with Crippen LogP contribution in [0.5, 0.6) is 0 Å². The second-order valence-corrected chi connectivity index (χ2v) is 11.9. The molecule has 0 N–H and O–H groups in total. The lowest BCUT2D eigenvalue weighted by atomic mass is 9.84. The van der Waals surface area contributed by atoms with Gasteiger partial charge in [0, 0.05) is 39.6 Å². The van der Waals surface area contributed by atoms with Gasteiger partial charge in [0.25, 0.3) is 0 Å². The lowest BCUT2D eigenvalue weighted by Gasteiger charge is -2.20. The van der Waals surface area contributed by atoms with Crippen LogP contribution in [0.1, 0.15) is 0 Å². The standard InChI is InChI=1S/C42H36N2/c1-43(2)35-21-15-29(16-22-35)33-19-25-37-39(27-33)41(31-11-7-5-8-12-31)38-26-20-34(30-17-23-36(24-18-30)44(3)4)28-40(38)42(37)32-13-9-6-10-14-32/h5-28H,1-4H3. The zero-order valence-corrected chi connectivity index (χ0v) is 25.8. The summed E-state index contributed by atoms with van der Waals surface area (Å²) in [5.41, 5.74) is 12.3. The summed E-state index contributed by atoms with van der Waals surface area (Å²) in [7, 11) is 8.32. The second kappa shape index (κ2) is 11.4. The van der Waals surface area contributed by atoms with Gasteiger partial charge in [0.05, 0.1) is 0 Å². The lowest BCUT2D eigenvalue weighted by Crippen LogP contribution is -2.07. The molecule has 0 fully saturated rings. The fourth-order valence-electron chi connectivity index (χ4n) is 6.32. The Labute approximate surface area is 260 Å². The Kier molecular flexibility index (Phi) is 7.12. The van der Waals surface area contributed by atoms with Crippen LogP contribution < -0.4 is 9.80 Å². The van der Waals surface area contributed by atoms with Gasteiger partial charge in [0.2, 0.25) is 0 Å². The molecule has 7 rings (SSSR count). The number of fused-ring (bicyclic) bond motifs is 2. The van der Waals surface area contributed by atoms with Crippen LogP contribution >= 0.6 is 0 Å². The molecule has 0 spiro atoms. The number of hydrogen-bond acceptors (Lipinski definition) is 2. The SMILES string of the molecule is CN(C)c1ccc(-c2ccc3c(-c4ccccc4)c4cc(-c5ccc(N(C)C)cc5)ccc4c(-c4ccccc4)c3c2)cc1. The molecule has 0 heterocycles. The Hall–Kier alpha value is -5.34. The Bertz CT molecular complexity index is 1920. The molecule has 0 amide bonds. The van der Waals surface area contributed by atoms with Crippen LogP contribution in [-0.4, -0.2) is 28.2 Å². The summed E-state index contributed by atoms with van der Waals surface area (Å²) >= 11 is 0. The molecule has 44 heavy (non-hydrogen) atoms. The molecule has 0 unspecified atom stereocenters. The third-order valence-corrected chi connectivity index (χ3v) is 8.68. The predicted molar refractivity (Wildman–Crippen MR) is 192 cm³/mol. The molecule has 0 aliphatic carbocycles. The Morgan fingerprint density at radius 3 is 0.977 bits per heavy atom. The highest BCUT2D eigenvalue weighted by molar-refractivity contribution is 6.22. The fourth-order valence-corrected chi connectivity index (χ4v) is 6.32. The zero-order chi connectivity index (χ0) is 30.2. The van der Waals surface area contributed by atoms with Gasteiger partial charge in [-0.25, -0.2) is 0 Å². The molecule has 214 valence electrons. The van der Waals surface area contributed by atoms with Crippen LogP contribution in [0.25, 0.3) is 66.1 Å². The highest BCUT2D eigenvalue weighted by Crippen LogP contribution is 2.46. The molecule has 0 aliphatic heterocycles. The molecule has 0 aromatic heterocycles. The molecule has 0 saturated carbocycles. The van der Waals surface area contributed by atoms with Crippen molar-refractivity contribution >= 4 is 32.9 Å². The molecule has 0 saturated heterocycles. The van der Waals surface area contributed by atoms with Crippen molar-refractivity contribution < 1.29 is 0 Å². The van der Waals surface area contributed by atoms with Crippen molar-refractivity contribution in [3.63, 3.8) is 0 Å². The van der Waals surface area contributed by atoms with E-state index in [-0.39, 0.29) is 0 Å². The minimum absolute atomic E-state index is 1.20. The maximum atomic E-state index is 2.39. The summed E-state index contributed by atoms with van der Waals surface area (Å²) in [5, 5.41) is 5.05. The lowest BCUT2D eigenvalue weighted by molar-refractivity contribution is 1.13. The van der Waals surface area contributed by atoms with Gasteiger partial charge in [-0.2, -0.15) is 0 Å². The highest BCUT2D eigenvalue weighted by Gasteiger charge is 2.18. The first kappa shape index (κ1) is 27.5. The zero-order valence-electron chi connectivity index (χ0n) is 25.8. The third kappa shape index (κ3) is 4.99. The normalized spacial score (nSPS) is 11.2. The van der Waals surface area contributed by atoms with Crippen LogP contribution in [0.4, 0.5) is 11.4 Å². The molecule has 2 nitrogen and oxygen atoms in total. The first-order valence-electron chi connectivity index (χ1n) is 15.2. The van der Waals surface area contributed by atoms with Crippen LogP contribution in [0.3, 0.4) is 0 Å². The van der Waals surface area contributed by atoms with E-state index in [1.807, 2.05) is 0 Å². The Morgan fingerprint density at radius 1 is 0.295 bits per heavy atom. The van der Waals surface area contributed by atoms with E-state index in [0.717, 1.165) is 0 Å². The van der Waals surface area contributed by atoms with Crippen LogP contribution in [0, 0.1) is 0 Å². The van der Waals surface area contributed by atoms with Crippen molar-refractivity contribution in [3.8, 4) is 44.5 Å². The number of rotatable bonds is 6. The first-order chi connectivity index (χ1) is 21.5. The van der Waals surface area contributed by atoms with E-state index in [1.54, 1.807) is 0 Å². The average Bonchev–Trinajstić information content (AvgIpc) is 3.07. The summed E-state index contributed by atoms with van der Waals surface area (Å²) in [5.74, 6) is 0. The molecular weight excluding hydrogens is 532 g/mol. The summed E-state index contributed by atoms with van der Waals surface area (Å²) in [6.07, 6.45) is 0. The largest absolute Gasteiger partial charge is 0.378 e. The van der Waals surface area contributed by atoms with Gasteiger partial charge in [-0.15, -0.1) is 0 Å². The van der Waals surface area contributed by atoms with E-state index in [1.165, 1.54) is 77.4 Å². The van der Waals surface area contributed by atoms with E-state index in [2.05, 4.69) is 184 Å². The van der Waals surface area contributed by atoms with E-state index in [0.29, 0.717) is 0 Å². The second-order valence-electron chi connectivity index (χ2n) is 11.9. The quantitative estimate of drug-likeness (QED) is 0.184. The third-order valence-electron chi connectivity index (χ3n) is 8.68. The van der Waals surface area contributed by atoms with Gasteiger partial charge in [-0.3, -0.25) is 0 Å². The van der Waals surface area contributed by atoms with E-state index in [4.69, 9.17) is 0 Å². The molecule has 0 bridgehead atoms. The summed E-state index contributed by atoms with van der Waals surface area (Å²) in [6.45, 7) is 0. The summed E-state index contributed by atoms with van der Waals surface area (Å²) in [6, 6.07) is 53.4. The molecule has 0 radical (unpaired) electrons. The van der Waals surface area contributed by atoms with Crippen molar-refractivity contribution in [3.05, 3.63) is 146 Å². The number of hydrogen-bond donors (Lipinski definition) is 0. The van der Waals surface area contributed by atoms with E-state index < -0.39 is 0 Å². The molecule has 0 aliphatic rings. The minimum Gasteiger partial charge on any atom is -0.378 e. The van der Waals surface area contributed by atoms with Gasteiger partial charge in [0.1, 0.15) is 0 Å². The Morgan fingerprint density at radius 2 is 0.636 bits per heavy atom. The van der Waals surface area contributed by atoms with Gasteiger partial charge < -0.3 is 9.80 Å². The van der Waals surface area contributed by atoms with Gasteiger partial charge in [-0.1, -0.05) is 109 Å². The van der Waals surface area contributed by atoms with E-state index in [9.17, 15) is 0 Å². The van der Waals surface area contributed by atoms with Crippen molar-refractivity contribution in [1.29, 1.82) is 0 Å². The van der Waals surface area contributed by atoms with E-state index >= 15 is 0 Å². The maximum Gasteiger partial charge on any atom is 0.0361 e. The number of anilines is 2. The van der Waals surface area contributed by atoms with Crippen molar-refractivity contribution in [1.82, 2.24) is 0 Å². The van der Waals surface area contributed by atoms with Crippen LogP contribution in [0.2, 0.25) is 0 Å². The van der Waals surface area contributed by atoms with Crippen molar-refractivity contribution in [2.24, 2.45) is 0 Å². The molecule has 0 atom stereocenters. The fraction of sp³-hybridized carbons (Fsp3) is 0.0952.